The largest absolute Gasteiger partial charge is 0.382 e. The Hall–Kier alpha value is -0.610. The zero-order chi connectivity index (χ0) is 12.3. The molecule has 0 amide bonds. The van der Waals surface area contributed by atoms with E-state index in [9.17, 15) is 4.39 Å². The predicted octanol–water partition coefficient (Wildman–Crippen LogP) is 3.96. The van der Waals surface area contributed by atoms with Crippen molar-refractivity contribution in [3.63, 3.8) is 0 Å². The van der Waals surface area contributed by atoms with E-state index in [0.717, 1.165) is 31.6 Å². The summed E-state index contributed by atoms with van der Waals surface area (Å²) in [7, 11) is 0. The molecule has 1 aliphatic rings. The van der Waals surface area contributed by atoms with E-state index in [4.69, 9.17) is 4.74 Å². The average molecular weight is 302 g/mol. The third kappa shape index (κ3) is 3.42. The standard InChI is InChI=1S/C13H17BrFNO/c1-2-11-7-10(5-6-17-11)16-9-3-4-13(15)12(14)8-9/h3-4,8,10-11,16H,2,5-7H2,1H3. The highest BCUT2D eigenvalue weighted by Crippen LogP contribution is 2.24. The Morgan fingerprint density at radius 1 is 1.53 bits per heavy atom. The first-order valence-electron chi connectivity index (χ1n) is 6.02. The molecule has 2 atom stereocenters. The van der Waals surface area contributed by atoms with Crippen LogP contribution < -0.4 is 5.32 Å². The van der Waals surface area contributed by atoms with Crippen molar-refractivity contribution in [3.05, 3.63) is 28.5 Å². The summed E-state index contributed by atoms with van der Waals surface area (Å²) in [5.41, 5.74) is 0.958. The maximum atomic E-state index is 13.1. The lowest BCUT2D eigenvalue weighted by Crippen LogP contribution is -2.33. The number of rotatable bonds is 3. The first kappa shape index (κ1) is 12.8. The summed E-state index contributed by atoms with van der Waals surface area (Å²) >= 11 is 3.20. The summed E-state index contributed by atoms with van der Waals surface area (Å²) in [6.07, 6.45) is 3.42. The minimum atomic E-state index is -0.228. The molecule has 0 spiro atoms. The van der Waals surface area contributed by atoms with E-state index in [1.54, 1.807) is 12.1 Å². The first-order chi connectivity index (χ1) is 8.19. The van der Waals surface area contributed by atoms with E-state index < -0.39 is 0 Å². The van der Waals surface area contributed by atoms with Gasteiger partial charge in [0, 0.05) is 18.3 Å². The van der Waals surface area contributed by atoms with Crippen LogP contribution in [0.5, 0.6) is 0 Å². The first-order valence-corrected chi connectivity index (χ1v) is 6.81. The van der Waals surface area contributed by atoms with Gasteiger partial charge in [0.15, 0.2) is 0 Å². The molecule has 2 nitrogen and oxygen atoms in total. The van der Waals surface area contributed by atoms with E-state index >= 15 is 0 Å². The van der Waals surface area contributed by atoms with Gasteiger partial charge in [0.2, 0.25) is 0 Å². The highest BCUT2D eigenvalue weighted by molar-refractivity contribution is 9.10. The van der Waals surface area contributed by atoms with Crippen LogP contribution in [0, 0.1) is 5.82 Å². The lowest BCUT2D eigenvalue weighted by molar-refractivity contribution is 0.00925. The van der Waals surface area contributed by atoms with Crippen LogP contribution in [0.3, 0.4) is 0 Å². The van der Waals surface area contributed by atoms with Crippen molar-refractivity contribution >= 4 is 21.6 Å². The fourth-order valence-corrected chi connectivity index (χ4v) is 2.50. The second-order valence-electron chi connectivity index (χ2n) is 4.40. The minimum absolute atomic E-state index is 0.228. The van der Waals surface area contributed by atoms with Crippen LogP contribution in [0.4, 0.5) is 10.1 Å². The van der Waals surface area contributed by atoms with Gasteiger partial charge in [-0.15, -0.1) is 0 Å². The minimum Gasteiger partial charge on any atom is -0.382 e. The van der Waals surface area contributed by atoms with Crippen LogP contribution in [-0.2, 0) is 4.74 Å². The molecule has 1 heterocycles. The number of ether oxygens (including phenoxy) is 1. The normalized spacial score (nSPS) is 24.6. The lowest BCUT2D eigenvalue weighted by Gasteiger charge is -2.30. The molecule has 2 rings (SSSR count). The van der Waals surface area contributed by atoms with E-state index in [2.05, 4.69) is 28.2 Å². The summed E-state index contributed by atoms with van der Waals surface area (Å²) in [5, 5.41) is 3.44. The molecule has 0 aliphatic carbocycles. The van der Waals surface area contributed by atoms with Crippen molar-refractivity contribution in [3.8, 4) is 0 Å². The lowest BCUT2D eigenvalue weighted by atomic mass is 10.0. The molecule has 0 bridgehead atoms. The van der Waals surface area contributed by atoms with Crippen LogP contribution >= 0.6 is 15.9 Å². The van der Waals surface area contributed by atoms with E-state index in [1.165, 1.54) is 6.07 Å². The summed E-state index contributed by atoms with van der Waals surface area (Å²) in [6, 6.07) is 5.46. The molecule has 0 radical (unpaired) electrons. The Morgan fingerprint density at radius 2 is 2.35 bits per heavy atom. The van der Waals surface area contributed by atoms with Gasteiger partial charge in [-0.1, -0.05) is 6.92 Å². The summed E-state index contributed by atoms with van der Waals surface area (Å²) < 4.78 is 19.2. The second-order valence-corrected chi connectivity index (χ2v) is 5.25. The number of halogens is 2. The number of nitrogens with one attached hydrogen (secondary N) is 1. The Labute approximate surface area is 110 Å². The van der Waals surface area contributed by atoms with Crippen molar-refractivity contribution in [2.45, 2.75) is 38.3 Å². The zero-order valence-corrected chi connectivity index (χ0v) is 11.5. The van der Waals surface area contributed by atoms with Crippen molar-refractivity contribution < 1.29 is 9.13 Å². The summed E-state index contributed by atoms with van der Waals surface area (Å²) in [6.45, 7) is 2.94. The zero-order valence-electron chi connectivity index (χ0n) is 9.88. The maximum Gasteiger partial charge on any atom is 0.137 e. The molecule has 1 aliphatic heterocycles. The predicted molar refractivity (Wildman–Crippen MR) is 70.8 cm³/mol. The maximum absolute atomic E-state index is 13.1. The van der Waals surface area contributed by atoms with Crippen LogP contribution in [0.15, 0.2) is 22.7 Å². The van der Waals surface area contributed by atoms with Gasteiger partial charge in [0.05, 0.1) is 10.6 Å². The number of anilines is 1. The van der Waals surface area contributed by atoms with Crippen molar-refractivity contribution in [2.24, 2.45) is 0 Å². The van der Waals surface area contributed by atoms with Crippen LogP contribution in [0.1, 0.15) is 26.2 Å². The van der Waals surface area contributed by atoms with Crippen LogP contribution in [-0.4, -0.2) is 18.8 Å². The molecule has 1 aromatic rings. The molecule has 1 aromatic carbocycles. The molecule has 0 saturated carbocycles. The molecule has 1 fully saturated rings. The Balaban J connectivity index is 1.97. The van der Waals surface area contributed by atoms with E-state index in [0.29, 0.717) is 16.6 Å². The van der Waals surface area contributed by atoms with Gasteiger partial charge in [0.25, 0.3) is 0 Å². The van der Waals surface area contributed by atoms with Gasteiger partial charge < -0.3 is 10.1 Å². The number of hydrogen-bond acceptors (Lipinski definition) is 2. The van der Waals surface area contributed by atoms with Crippen molar-refractivity contribution in [2.75, 3.05) is 11.9 Å². The highest BCUT2D eigenvalue weighted by atomic mass is 79.9. The van der Waals surface area contributed by atoms with Gasteiger partial charge in [0.1, 0.15) is 5.82 Å². The van der Waals surface area contributed by atoms with Crippen molar-refractivity contribution in [1.82, 2.24) is 0 Å². The van der Waals surface area contributed by atoms with E-state index in [-0.39, 0.29) is 5.82 Å². The third-order valence-electron chi connectivity index (χ3n) is 3.11. The van der Waals surface area contributed by atoms with Crippen molar-refractivity contribution in [1.29, 1.82) is 0 Å². The molecular weight excluding hydrogens is 285 g/mol. The van der Waals surface area contributed by atoms with Gasteiger partial charge in [-0.05, 0) is 53.4 Å². The monoisotopic (exact) mass is 301 g/mol. The third-order valence-corrected chi connectivity index (χ3v) is 3.72. The van der Waals surface area contributed by atoms with Gasteiger partial charge in [-0.25, -0.2) is 4.39 Å². The molecule has 0 aromatic heterocycles. The average Bonchev–Trinajstić information content (AvgIpc) is 2.34. The Bertz CT molecular complexity index is 386. The van der Waals surface area contributed by atoms with Gasteiger partial charge in [-0.3, -0.25) is 0 Å². The summed E-state index contributed by atoms with van der Waals surface area (Å²) in [5.74, 6) is -0.228. The van der Waals surface area contributed by atoms with Crippen LogP contribution in [0.25, 0.3) is 0 Å². The fraction of sp³-hybridized carbons (Fsp3) is 0.538. The highest BCUT2D eigenvalue weighted by Gasteiger charge is 2.21. The Kier molecular flexibility index (Phi) is 4.40. The SMILES string of the molecule is CCC1CC(Nc2ccc(F)c(Br)c2)CCO1. The fourth-order valence-electron chi connectivity index (χ4n) is 2.12. The molecule has 4 heteroatoms. The molecule has 94 valence electrons. The van der Waals surface area contributed by atoms with E-state index in [1.807, 2.05) is 0 Å². The molecule has 1 saturated heterocycles. The van der Waals surface area contributed by atoms with Crippen LogP contribution in [0.2, 0.25) is 0 Å². The quantitative estimate of drug-likeness (QED) is 0.912. The van der Waals surface area contributed by atoms with Gasteiger partial charge in [-0.2, -0.15) is 0 Å². The topological polar surface area (TPSA) is 21.3 Å². The smallest absolute Gasteiger partial charge is 0.137 e. The van der Waals surface area contributed by atoms with Gasteiger partial charge >= 0.3 is 0 Å². The number of hydrogen-bond donors (Lipinski definition) is 1. The summed E-state index contributed by atoms with van der Waals surface area (Å²) in [4.78, 5) is 0. The second kappa shape index (κ2) is 5.83. The Morgan fingerprint density at radius 3 is 3.06 bits per heavy atom. The molecule has 1 N–H and O–H groups in total. The molecule has 17 heavy (non-hydrogen) atoms. The number of benzene rings is 1. The molecular formula is C13H17BrFNO. The molecule has 2 unspecified atom stereocenters.